The first-order valence-corrected chi connectivity index (χ1v) is 9.52. The summed E-state index contributed by atoms with van der Waals surface area (Å²) < 4.78 is 3.45. The zero-order chi connectivity index (χ0) is 18.4. The summed E-state index contributed by atoms with van der Waals surface area (Å²) in [5.41, 5.74) is 3.01. The van der Waals surface area contributed by atoms with Crippen LogP contribution >= 0.6 is 11.6 Å². The minimum Gasteiger partial charge on any atom is -0.328 e. The molecular formula is C19H23ClN4O2. The standard InChI is InChI=1S/C19H23ClN4O2/c1-12-15-10-23(11-16(15)22(2)19(26)17(12)20)18(25)14-7-21-24(9-14)8-13-5-3-4-6-13/h7,9,13H,3-6,8,10-11H2,1-2H3. The molecule has 26 heavy (non-hydrogen) atoms. The normalized spacial score (nSPS) is 17.1. The number of carbonyl (C=O) groups excluding carboxylic acids is 1. The molecule has 1 aliphatic carbocycles. The van der Waals surface area contributed by atoms with E-state index in [2.05, 4.69) is 5.10 Å². The SMILES string of the molecule is Cc1c2c(n(C)c(=O)c1Cl)CN(C(=O)c1cnn(CC3CCCC3)c1)C2. The van der Waals surface area contributed by atoms with Crippen LogP contribution in [0.5, 0.6) is 0 Å². The molecule has 3 heterocycles. The van der Waals surface area contributed by atoms with E-state index < -0.39 is 0 Å². The van der Waals surface area contributed by atoms with Gasteiger partial charge in [0.1, 0.15) is 5.02 Å². The average Bonchev–Trinajstić information content (AvgIpc) is 3.38. The summed E-state index contributed by atoms with van der Waals surface area (Å²) in [4.78, 5) is 26.8. The minimum absolute atomic E-state index is 0.0538. The molecule has 4 rings (SSSR count). The second-order valence-electron chi connectivity index (χ2n) is 7.49. The number of halogens is 1. The summed E-state index contributed by atoms with van der Waals surface area (Å²) in [6.45, 7) is 3.63. The van der Waals surface area contributed by atoms with Crippen molar-refractivity contribution in [3.05, 3.63) is 50.2 Å². The Bertz CT molecular complexity index is 924. The van der Waals surface area contributed by atoms with Gasteiger partial charge in [-0.2, -0.15) is 5.10 Å². The van der Waals surface area contributed by atoms with Crippen molar-refractivity contribution in [2.45, 2.75) is 52.2 Å². The van der Waals surface area contributed by atoms with Gasteiger partial charge in [0.05, 0.1) is 18.3 Å². The predicted octanol–water partition coefficient (Wildman–Crippen LogP) is 2.89. The fourth-order valence-corrected chi connectivity index (χ4v) is 4.42. The van der Waals surface area contributed by atoms with Crippen molar-refractivity contribution in [1.29, 1.82) is 0 Å². The third-order valence-corrected chi connectivity index (χ3v) is 6.25. The largest absolute Gasteiger partial charge is 0.328 e. The fourth-order valence-electron chi connectivity index (χ4n) is 4.18. The van der Waals surface area contributed by atoms with E-state index in [1.54, 1.807) is 22.7 Å². The molecule has 6 nitrogen and oxygen atoms in total. The highest BCUT2D eigenvalue weighted by molar-refractivity contribution is 6.31. The zero-order valence-corrected chi connectivity index (χ0v) is 15.9. The fraction of sp³-hybridized carbons (Fsp3) is 0.526. The lowest BCUT2D eigenvalue weighted by molar-refractivity contribution is 0.0749. The third kappa shape index (κ3) is 2.86. The molecule has 2 aromatic heterocycles. The predicted molar refractivity (Wildman–Crippen MR) is 99.2 cm³/mol. The molecule has 0 atom stereocenters. The van der Waals surface area contributed by atoms with Crippen molar-refractivity contribution in [3.63, 3.8) is 0 Å². The highest BCUT2D eigenvalue weighted by Gasteiger charge is 2.30. The number of rotatable bonds is 3. The van der Waals surface area contributed by atoms with E-state index in [9.17, 15) is 9.59 Å². The lowest BCUT2D eigenvalue weighted by Crippen LogP contribution is -2.26. The molecule has 7 heteroatoms. The second-order valence-corrected chi connectivity index (χ2v) is 7.87. The molecule has 0 aromatic carbocycles. The molecule has 1 saturated carbocycles. The van der Waals surface area contributed by atoms with Gasteiger partial charge in [-0.15, -0.1) is 0 Å². The molecule has 1 fully saturated rings. The van der Waals surface area contributed by atoms with Crippen molar-refractivity contribution >= 4 is 17.5 Å². The Hall–Kier alpha value is -2.08. The van der Waals surface area contributed by atoms with Crippen LogP contribution in [-0.2, 0) is 26.7 Å². The monoisotopic (exact) mass is 374 g/mol. The van der Waals surface area contributed by atoms with E-state index in [4.69, 9.17) is 11.6 Å². The molecule has 0 N–H and O–H groups in total. The van der Waals surface area contributed by atoms with Crippen LogP contribution in [0.3, 0.4) is 0 Å². The molecule has 2 aliphatic rings. The first kappa shape index (κ1) is 17.3. The van der Waals surface area contributed by atoms with Gasteiger partial charge in [0, 0.05) is 32.0 Å². The Balaban J connectivity index is 1.53. The second kappa shape index (κ2) is 6.58. The molecule has 1 amide bonds. The summed E-state index contributed by atoms with van der Waals surface area (Å²) in [6, 6.07) is 0. The van der Waals surface area contributed by atoms with E-state index in [0.717, 1.165) is 23.4 Å². The molecule has 0 spiro atoms. The smallest absolute Gasteiger partial charge is 0.269 e. The average molecular weight is 375 g/mol. The maximum atomic E-state index is 12.9. The Kier molecular flexibility index (Phi) is 4.39. The van der Waals surface area contributed by atoms with Gasteiger partial charge in [0.25, 0.3) is 11.5 Å². The topological polar surface area (TPSA) is 60.1 Å². The van der Waals surface area contributed by atoms with E-state index in [-0.39, 0.29) is 16.5 Å². The number of aromatic nitrogens is 3. The molecule has 0 unspecified atom stereocenters. The van der Waals surface area contributed by atoms with Crippen molar-refractivity contribution < 1.29 is 4.79 Å². The summed E-state index contributed by atoms with van der Waals surface area (Å²) >= 11 is 6.15. The number of amides is 1. The Labute approximate surface area is 157 Å². The van der Waals surface area contributed by atoms with E-state index in [0.29, 0.717) is 24.6 Å². The summed E-state index contributed by atoms with van der Waals surface area (Å²) in [6.07, 6.45) is 8.59. The minimum atomic E-state index is -0.207. The van der Waals surface area contributed by atoms with Crippen molar-refractivity contribution in [2.75, 3.05) is 0 Å². The van der Waals surface area contributed by atoms with Crippen LogP contribution in [0, 0.1) is 12.8 Å². The van der Waals surface area contributed by atoms with Gasteiger partial charge >= 0.3 is 0 Å². The zero-order valence-electron chi connectivity index (χ0n) is 15.2. The van der Waals surface area contributed by atoms with Crippen LogP contribution in [-0.4, -0.2) is 25.2 Å². The summed E-state index contributed by atoms with van der Waals surface area (Å²) in [7, 11) is 1.71. The summed E-state index contributed by atoms with van der Waals surface area (Å²) in [5.74, 6) is 0.620. The van der Waals surface area contributed by atoms with Gasteiger partial charge in [0.15, 0.2) is 0 Å². The molecular weight excluding hydrogens is 352 g/mol. The van der Waals surface area contributed by atoms with Gasteiger partial charge in [0.2, 0.25) is 0 Å². The maximum absolute atomic E-state index is 12.9. The van der Waals surface area contributed by atoms with Crippen LogP contribution in [0.25, 0.3) is 0 Å². The van der Waals surface area contributed by atoms with Crippen molar-refractivity contribution in [1.82, 2.24) is 19.2 Å². The van der Waals surface area contributed by atoms with Crippen LogP contribution in [0.4, 0.5) is 0 Å². The van der Waals surface area contributed by atoms with Crippen LogP contribution in [0.15, 0.2) is 17.2 Å². The van der Waals surface area contributed by atoms with Crippen LogP contribution in [0.1, 0.15) is 52.9 Å². The number of carbonyl (C=O) groups is 1. The van der Waals surface area contributed by atoms with Crippen LogP contribution < -0.4 is 5.56 Å². The van der Waals surface area contributed by atoms with Gasteiger partial charge in [-0.3, -0.25) is 14.3 Å². The van der Waals surface area contributed by atoms with E-state index >= 15 is 0 Å². The number of fused-ring (bicyclic) bond motifs is 1. The van der Waals surface area contributed by atoms with Gasteiger partial charge in [-0.25, -0.2) is 0 Å². The van der Waals surface area contributed by atoms with Gasteiger partial charge in [-0.05, 0) is 36.8 Å². The molecule has 2 aromatic rings. The van der Waals surface area contributed by atoms with E-state index in [1.807, 2.05) is 17.8 Å². The Morgan fingerprint density at radius 1 is 1.31 bits per heavy atom. The van der Waals surface area contributed by atoms with Gasteiger partial charge < -0.3 is 9.47 Å². The number of hydrogen-bond acceptors (Lipinski definition) is 3. The lowest BCUT2D eigenvalue weighted by Gasteiger charge is -2.14. The number of nitrogens with zero attached hydrogens (tertiary/aromatic N) is 4. The highest BCUT2D eigenvalue weighted by atomic mass is 35.5. The van der Waals surface area contributed by atoms with Crippen molar-refractivity contribution in [2.24, 2.45) is 13.0 Å². The number of hydrogen-bond donors (Lipinski definition) is 0. The Morgan fingerprint density at radius 2 is 2.04 bits per heavy atom. The summed E-state index contributed by atoms with van der Waals surface area (Å²) in [5, 5.41) is 4.62. The third-order valence-electron chi connectivity index (χ3n) is 5.80. The van der Waals surface area contributed by atoms with Crippen LogP contribution in [0.2, 0.25) is 5.02 Å². The number of pyridine rings is 1. The lowest BCUT2D eigenvalue weighted by atomic mass is 10.1. The van der Waals surface area contributed by atoms with Gasteiger partial charge in [-0.1, -0.05) is 24.4 Å². The maximum Gasteiger partial charge on any atom is 0.269 e. The van der Waals surface area contributed by atoms with E-state index in [1.165, 1.54) is 25.7 Å². The first-order valence-electron chi connectivity index (χ1n) is 9.14. The molecule has 0 radical (unpaired) electrons. The highest BCUT2D eigenvalue weighted by Crippen LogP contribution is 2.29. The Morgan fingerprint density at radius 3 is 2.77 bits per heavy atom. The molecule has 0 bridgehead atoms. The quantitative estimate of drug-likeness (QED) is 0.829. The molecule has 138 valence electrons. The molecule has 1 aliphatic heterocycles. The first-order chi connectivity index (χ1) is 12.5. The molecule has 0 saturated heterocycles. The van der Waals surface area contributed by atoms with Crippen molar-refractivity contribution in [3.8, 4) is 0 Å².